The lowest BCUT2D eigenvalue weighted by Crippen LogP contribution is -1.57. The van der Waals surface area contributed by atoms with Crippen LogP contribution in [0.15, 0.2) is 17.5 Å². The van der Waals surface area contributed by atoms with Gasteiger partial charge in [0.2, 0.25) is 0 Å². The molecule has 0 nitrogen and oxygen atoms in total. The summed E-state index contributed by atoms with van der Waals surface area (Å²) in [6.45, 7) is 0. The summed E-state index contributed by atoms with van der Waals surface area (Å²) in [6, 6.07) is 4.17. The van der Waals surface area contributed by atoms with Gasteiger partial charge in [-0.15, -0.1) is 11.3 Å². The van der Waals surface area contributed by atoms with E-state index < -0.39 is 0 Å². The average molecular weight is 282 g/mol. The van der Waals surface area contributed by atoms with Crippen LogP contribution in [0.2, 0.25) is 0 Å². The van der Waals surface area contributed by atoms with Crippen LogP contribution in [0.4, 0.5) is 0 Å². The van der Waals surface area contributed by atoms with E-state index >= 15 is 0 Å². The van der Waals surface area contributed by atoms with Gasteiger partial charge in [0.05, 0.1) is 0 Å². The van der Waals surface area contributed by atoms with E-state index in [2.05, 4.69) is 33.4 Å². The van der Waals surface area contributed by atoms with Gasteiger partial charge in [-0.1, -0.05) is 22.0 Å². The van der Waals surface area contributed by atoms with Gasteiger partial charge in [0, 0.05) is 10.2 Å². The molecule has 1 aromatic heterocycles. The van der Waals surface area contributed by atoms with E-state index in [0.29, 0.717) is 0 Å². The molecule has 0 fully saturated rings. The first-order valence-corrected chi connectivity index (χ1v) is 4.02. The summed E-state index contributed by atoms with van der Waals surface area (Å²) >= 11 is 5.12. The molecule has 0 amide bonds. The Bertz CT molecular complexity index is 131. The van der Waals surface area contributed by atoms with Crippen molar-refractivity contribution in [2.75, 3.05) is 0 Å². The van der Waals surface area contributed by atoms with Crippen LogP contribution in [0.25, 0.3) is 0 Å². The zero-order valence-electron chi connectivity index (χ0n) is 6.73. The van der Waals surface area contributed by atoms with Gasteiger partial charge in [0.25, 0.3) is 0 Å². The highest BCUT2D eigenvalue weighted by molar-refractivity contribution is 9.08. The van der Waals surface area contributed by atoms with Gasteiger partial charge < -0.3 is 0 Å². The molecule has 0 aromatic carbocycles. The van der Waals surface area contributed by atoms with E-state index in [9.17, 15) is 0 Å². The molecule has 0 spiro atoms. The summed E-state index contributed by atoms with van der Waals surface area (Å²) in [4.78, 5) is 1.39. The number of thiophene rings is 1. The maximum absolute atomic E-state index is 3.35. The number of hydrogen-bond donors (Lipinski definition) is 0. The summed E-state index contributed by atoms with van der Waals surface area (Å²) in [5.74, 6) is 0. The van der Waals surface area contributed by atoms with Crippen molar-refractivity contribution in [2.24, 2.45) is 0 Å². The molecule has 0 radical (unpaired) electrons. The molecule has 0 aliphatic heterocycles. The molecule has 1 heterocycles. The first-order chi connectivity index (χ1) is 3.43. The molecule has 1 aromatic rings. The van der Waals surface area contributed by atoms with Crippen LogP contribution in [0.5, 0.6) is 0 Å². The van der Waals surface area contributed by atoms with Crippen molar-refractivity contribution >= 4 is 57.0 Å². The Kier molecular flexibility index (Phi) is 18.4. The topological polar surface area (TPSA) is 0 Å². The Hall–Kier alpha value is 1.47. The molecule has 0 bridgehead atoms. The second-order valence-corrected chi connectivity index (χ2v) is 2.81. The smallest absolute Gasteiger partial charge is 0.0377 e. The lowest BCUT2D eigenvalue weighted by molar-refractivity contribution is 1.59. The molecular formula is C5H17BrP3S+3. The Morgan fingerprint density at radius 3 is 2.10 bits per heavy atom. The lowest BCUT2D eigenvalue weighted by Gasteiger charge is -1.76. The van der Waals surface area contributed by atoms with Crippen LogP contribution >= 0.6 is 57.0 Å². The van der Waals surface area contributed by atoms with Crippen molar-refractivity contribution in [1.29, 1.82) is 0 Å². The van der Waals surface area contributed by atoms with E-state index in [4.69, 9.17) is 0 Å². The molecule has 10 heavy (non-hydrogen) atoms. The lowest BCUT2D eigenvalue weighted by atomic mass is 10.5. The first kappa shape index (κ1) is 17.5. The fourth-order valence-corrected chi connectivity index (χ4v) is 1.52. The first-order valence-electron chi connectivity index (χ1n) is 2.02. The van der Waals surface area contributed by atoms with Gasteiger partial charge in [0.15, 0.2) is 0 Å². The van der Waals surface area contributed by atoms with Crippen LogP contribution in [0, 0.1) is 0 Å². The number of hydrogen-bond acceptors (Lipinski definition) is 1. The van der Waals surface area contributed by atoms with Crippen LogP contribution < -0.4 is 0 Å². The molecule has 0 saturated heterocycles. The average Bonchev–Trinajstić information content (AvgIpc) is 2.14. The van der Waals surface area contributed by atoms with E-state index in [1.165, 1.54) is 4.88 Å². The van der Waals surface area contributed by atoms with Crippen molar-refractivity contribution in [2.45, 2.75) is 5.33 Å². The molecule has 5 heteroatoms. The van der Waals surface area contributed by atoms with Crippen molar-refractivity contribution < 1.29 is 0 Å². The second kappa shape index (κ2) is 10.5. The standard InChI is InChI=1S/C5H5BrS.3H3P/c6-4-5-2-1-3-7-5;;;/h1-3H,4H2;3*1H3/p+3. The number of alkyl halides is 1. The highest BCUT2D eigenvalue weighted by Crippen LogP contribution is 2.11. The van der Waals surface area contributed by atoms with Crippen molar-refractivity contribution in [3.05, 3.63) is 22.4 Å². The fourth-order valence-electron chi connectivity index (χ4n) is 0.389. The zero-order chi connectivity index (χ0) is 5.11. The minimum absolute atomic E-state index is 0. The van der Waals surface area contributed by atoms with E-state index in [1.54, 1.807) is 11.3 Å². The third kappa shape index (κ3) is 6.20. The largest absolute Gasteiger partial charge is 0.148 e. The second-order valence-electron chi connectivity index (χ2n) is 1.21. The normalized spacial score (nSPS) is 6.50. The third-order valence-corrected chi connectivity index (χ3v) is 2.56. The van der Waals surface area contributed by atoms with Crippen LogP contribution in [-0.2, 0) is 5.33 Å². The summed E-state index contributed by atoms with van der Waals surface area (Å²) in [7, 11) is 0. The molecular weight excluding hydrogens is 265 g/mol. The van der Waals surface area contributed by atoms with Gasteiger partial charge in [-0.25, -0.2) is 0 Å². The number of halogens is 1. The van der Waals surface area contributed by atoms with Crippen molar-refractivity contribution in [3.63, 3.8) is 0 Å². The minimum Gasteiger partial charge on any atom is -0.148 e. The van der Waals surface area contributed by atoms with Crippen LogP contribution in [-0.4, -0.2) is 0 Å². The van der Waals surface area contributed by atoms with Gasteiger partial charge in [-0.2, -0.15) is 0 Å². The molecule has 0 saturated carbocycles. The minimum atomic E-state index is 0. The van der Waals surface area contributed by atoms with E-state index in [1.807, 2.05) is 0 Å². The molecule has 0 aliphatic carbocycles. The summed E-state index contributed by atoms with van der Waals surface area (Å²) < 4.78 is 0. The Morgan fingerprint density at radius 1 is 1.30 bits per heavy atom. The van der Waals surface area contributed by atoms with Gasteiger partial charge in [-0.05, 0) is 41.1 Å². The predicted octanol–water partition coefficient (Wildman–Crippen LogP) is 2.01. The maximum atomic E-state index is 3.35. The van der Waals surface area contributed by atoms with Crippen molar-refractivity contribution in [1.82, 2.24) is 0 Å². The van der Waals surface area contributed by atoms with Gasteiger partial charge in [0.1, 0.15) is 0 Å². The Morgan fingerprint density at radius 2 is 1.90 bits per heavy atom. The van der Waals surface area contributed by atoms with Gasteiger partial charge in [-0.3, -0.25) is 0 Å². The summed E-state index contributed by atoms with van der Waals surface area (Å²) in [5.41, 5.74) is 0. The zero-order valence-corrected chi connectivity index (χ0v) is 15.1. The summed E-state index contributed by atoms with van der Waals surface area (Å²) in [5, 5.41) is 3.07. The van der Waals surface area contributed by atoms with E-state index in [0.717, 1.165) is 5.33 Å². The summed E-state index contributed by atoms with van der Waals surface area (Å²) in [6.07, 6.45) is 0. The monoisotopic (exact) mass is 281 g/mol. The Labute approximate surface area is 84.6 Å². The quantitative estimate of drug-likeness (QED) is 0.546. The maximum Gasteiger partial charge on any atom is 0.0377 e. The molecule has 62 valence electrons. The molecule has 3 atom stereocenters. The Balaban J connectivity index is -0.000000163. The number of rotatable bonds is 1. The molecule has 1 rings (SSSR count). The van der Waals surface area contributed by atoms with E-state index in [-0.39, 0.29) is 29.7 Å². The molecule has 0 aliphatic rings. The highest BCUT2D eigenvalue weighted by Gasteiger charge is 1.84. The highest BCUT2D eigenvalue weighted by atomic mass is 79.9. The van der Waals surface area contributed by atoms with Gasteiger partial charge >= 0.3 is 0 Å². The molecule has 0 N–H and O–H groups in total. The predicted molar refractivity (Wildman–Crippen MR) is 74.5 cm³/mol. The third-order valence-electron chi connectivity index (χ3n) is 0.712. The van der Waals surface area contributed by atoms with Crippen LogP contribution in [0.3, 0.4) is 0 Å². The molecule has 3 unspecified atom stereocenters. The SMILES string of the molecule is BrCc1cccs1.[PH4+].[PH4+].[PH4+]. The van der Waals surface area contributed by atoms with Crippen LogP contribution in [0.1, 0.15) is 4.88 Å². The van der Waals surface area contributed by atoms with Crippen molar-refractivity contribution in [3.8, 4) is 0 Å². The fraction of sp³-hybridized carbons (Fsp3) is 0.200.